The lowest BCUT2D eigenvalue weighted by molar-refractivity contribution is 0.0526. The highest BCUT2D eigenvalue weighted by molar-refractivity contribution is 7.17. The van der Waals surface area contributed by atoms with Gasteiger partial charge in [-0.05, 0) is 50.3 Å². The van der Waals surface area contributed by atoms with Crippen molar-refractivity contribution in [2.45, 2.75) is 45.4 Å². The normalized spacial score (nSPS) is 13.9. The molecule has 0 spiro atoms. The Kier molecular flexibility index (Phi) is 6.50. The van der Waals surface area contributed by atoms with Crippen molar-refractivity contribution in [3.05, 3.63) is 45.8 Å². The first-order chi connectivity index (χ1) is 13.2. The molecule has 144 valence electrons. The first-order valence-corrected chi connectivity index (χ1v) is 10.2. The molecule has 0 aliphatic heterocycles. The van der Waals surface area contributed by atoms with E-state index in [1.54, 1.807) is 25.1 Å². The van der Waals surface area contributed by atoms with Crippen molar-refractivity contribution in [1.82, 2.24) is 0 Å². The van der Waals surface area contributed by atoms with Crippen molar-refractivity contribution in [3.8, 4) is 5.75 Å². The number of hydrogen-bond donors (Lipinski definition) is 1. The topological polar surface area (TPSA) is 64.6 Å². The summed E-state index contributed by atoms with van der Waals surface area (Å²) < 4.78 is 10.6. The number of fused-ring (bicyclic) bond motifs is 1. The summed E-state index contributed by atoms with van der Waals surface area (Å²) in [6.07, 6.45) is 6.32. The molecule has 6 heteroatoms. The number of para-hydroxylation sites is 1. The first-order valence-electron chi connectivity index (χ1n) is 9.41. The van der Waals surface area contributed by atoms with Crippen LogP contribution < -0.4 is 10.1 Å². The number of methoxy groups -OCH3 is 1. The maximum Gasteiger partial charge on any atom is 0.341 e. The minimum atomic E-state index is -0.356. The lowest BCUT2D eigenvalue weighted by atomic mass is 9.96. The van der Waals surface area contributed by atoms with E-state index in [1.165, 1.54) is 36.2 Å². The van der Waals surface area contributed by atoms with E-state index in [0.717, 1.165) is 31.2 Å². The molecule has 2 aromatic rings. The van der Waals surface area contributed by atoms with E-state index in [2.05, 4.69) is 5.32 Å². The van der Waals surface area contributed by atoms with Gasteiger partial charge in [0.25, 0.3) is 5.91 Å². The largest absolute Gasteiger partial charge is 0.496 e. The van der Waals surface area contributed by atoms with E-state index in [4.69, 9.17) is 9.47 Å². The zero-order valence-corrected chi connectivity index (χ0v) is 16.6. The maximum atomic E-state index is 12.8. The number of esters is 1. The molecule has 5 nitrogen and oxygen atoms in total. The second-order valence-corrected chi connectivity index (χ2v) is 7.60. The van der Waals surface area contributed by atoms with Crippen LogP contribution in [0.25, 0.3) is 0 Å². The number of rotatable bonds is 5. The lowest BCUT2D eigenvalue weighted by Crippen LogP contribution is -2.16. The minimum Gasteiger partial charge on any atom is -0.496 e. The Morgan fingerprint density at radius 2 is 1.85 bits per heavy atom. The Balaban J connectivity index is 1.97. The van der Waals surface area contributed by atoms with Crippen molar-refractivity contribution in [3.63, 3.8) is 0 Å². The van der Waals surface area contributed by atoms with Gasteiger partial charge < -0.3 is 14.8 Å². The Morgan fingerprint density at radius 3 is 2.59 bits per heavy atom. The molecule has 0 atom stereocenters. The molecule has 0 unspecified atom stereocenters. The minimum absolute atomic E-state index is 0.285. The summed E-state index contributed by atoms with van der Waals surface area (Å²) in [5, 5.41) is 3.52. The summed E-state index contributed by atoms with van der Waals surface area (Å²) in [4.78, 5) is 26.7. The van der Waals surface area contributed by atoms with Gasteiger partial charge in [-0.25, -0.2) is 4.79 Å². The van der Waals surface area contributed by atoms with E-state index in [0.29, 0.717) is 28.5 Å². The molecule has 3 rings (SSSR count). The molecular weight excluding hydrogens is 362 g/mol. The maximum absolute atomic E-state index is 12.8. The van der Waals surface area contributed by atoms with Gasteiger partial charge in [0.15, 0.2) is 0 Å². The number of benzene rings is 1. The molecule has 1 aliphatic carbocycles. The third kappa shape index (κ3) is 4.33. The Hall–Kier alpha value is -2.34. The molecule has 27 heavy (non-hydrogen) atoms. The number of anilines is 1. The van der Waals surface area contributed by atoms with E-state index in [1.807, 2.05) is 6.07 Å². The van der Waals surface area contributed by atoms with Crippen LogP contribution in [-0.4, -0.2) is 25.6 Å². The van der Waals surface area contributed by atoms with Gasteiger partial charge in [0.2, 0.25) is 0 Å². The van der Waals surface area contributed by atoms with Crippen LogP contribution in [0.1, 0.15) is 63.8 Å². The van der Waals surface area contributed by atoms with Gasteiger partial charge in [-0.2, -0.15) is 0 Å². The number of amides is 1. The average Bonchev–Trinajstić information content (AvgIpc) is 2.98. The number of thiophene rings is 1. The van der Waals surface area contributed by atoms with Gasteiger partial charge in [0.05, 0.1) is 24.8 Å². The zero-order chi connectivity index (χ0) is 19.2. The van der Waals surface area contributed by atoms with Gasteiger partial charge in [0, 0.05) is 4.88 Å². The van der Waals surface area contributed by atoms with Gasteiger partial charge in [0.1, 0.15) is 10.8 Å². The molecular formula is C21H25NO4S. The third-order valence-corrected chi connectivity index (χ3v) is 5.94. The molecule has 0 saturated carbocycles. The summed E-state index contributed by atoms with van der Waals surface area (Å²) in [7, 11) is 1.53. The van der Waals surface area contributed by atoms with Crippen LogP contribution in [0.15, 0.2) is 24.3 Å². The summed E-state index contributed by atoms with van der Waals surface area (Å²) in [5.41, 5.74) is 2.02. The van der Waals surface area contributed by atoms with Crippen molar-refractivity contribution in [2.75, 3.05) is 19.0 Å². The highest BCUT2D eigenvalue weighted by atomic mass is 32.1. The number of carbonyl (C=O) groups is 2. The monoisotopic (exact) mass is 387 g/mol. The Bertz CT molecular complexity index is 828. The predicted octanol–water partition coefficient (Wildman–Crippen LogP) is 4.84. The smallest absolute Gasteiger partial charge is 0.341 e. The summed E-state index contributed by atoms with van der Waals surface area (Å²) >= 11 is 1.50. The molecule has 0 fully saturated rings. The highest BCUT2D eigenvalue weighted by Gasteiger charge is 2.26. The number of nitrogens with one attached hydrogen (secondary N) is 1. The summed E-state index contributed by atoms with van der Waals surface area (Å²) in [6.45, 7) is 2.10. The van der Waals surface area contributed by atoms with E-state index < -0.39 is 0 Å². The van der Waals surface area contributed by atoms with Crippen LogP contribution in [0.4, 0.5) is 5.00 Å². The molecule has 0 radical (unpaired) electrons. The van der Waals surface area contributed by atoms with Crippen LogP contribution in [0, 0.1) is 0 Å². The molecule has 1 heterocycles. The fraction of sp³-hybridized carbons (Fsp3) is 0.429. The molecule has 1 aromatic carbocycles. The fourth-order valence-corrected chi connectivity index (χ4v) is 4.70. The van der Waals surface area contributed by atoms with E-state index in [-0.39, 0.29) is 11.9 Å². The predicted molar refractivity (Wildman–Crippen MR) is 107 cm³/mol. The van der Waals surface area contributed by atoms with E-state index >= 15 is 0 Å². The SMILES string of the molecule is CCOC(=O)c1c(NC(=O)c2ccccc2OC)sc2c1CCCCCC2. The van der Waals surface area contributed by atoms with Crippen molar-refractivity contribution in [2.24, 2.45) is 0 Å². The fourth-order valence-electron chi connectivity index (χ4n) is 3.43. The van der Waals surface area contributed by atoms with Gasteiger partial charge >= 0.3 is 5.97 Å². The quantitative estimate of drug-likeness (QED) is 0.745. The third-order valence-electron chi connectivity index (χ3n) is 4.73. The zero-order valence-electron chi connectivity index (χ0n) is 15.8. The number of aryl methyl sites for hydroxylation is 1. The molecule has 0 saturated heterocycles. The second-order valence-electron chi connectivity index (χ2n) is 6.50. The van der Waals surface area contributed by atoms with Crippen LogP contribution >= 0.6 is 11.3 Å². The lowest BCUT2D eigenvalue weighted by Gasteiger charge is -2.12. The Morgan fingerprint density at radius 1 is 1.11 bits per heavy atom. The number of carbonyl (C=O) groups excluding carboxylic acids is 2. The van der Waals surface area contributed by atoms with Crippen LogP contribution in [0.2, 0.25) is 0 Å². The number of hydrogen-bond acceptors (Lipinski definition) is 5. The van der Waals surface area contributed by atoms with E-state index in [9.17, 15) is 9.59 Å². The average molecular weight is 388 g/mol. The molecule has 1 aromatic heterocycles. The van der Waals surface area contributed by atoms with Crippen molar-refractivity contribution >= 4 is 28.2 Å². The first kappa shape index (κ1) is 19.4. The summed E-state index contributed by atoms with van der Waals surface area (Å²) in [5.74, 6) is -0.138. The number of ether oxygens (including phenoxy) is 2. The standard InChI is InChI=1S/C21H25NO4S/c1-3-26-21(24)18-15-11-6-4-5-7-13-17(15)27-20(18)22-19(23)14-10-8-9-12-16(14)25-2/h8-10,12H,3-7,11,13H2,1-2H3,(H,22,23). The van der Waals surface area contributed by atoms with Gasteiger partial charge in [-0.3, -0.25) is 4.79 Å². The van der Waals surface area contributed by atoms with Crippen LogP contribution in [0.3, 0.4) is 0 Å². The highest BCUT2D eigenvalue weighted by Crippen LogP contribution is 2.38. The molecule has 1 aliphatic rings. The Labute approximate surface area is 163 Å². The van der Waals surface area contributed by atoms with Crippen LogP contribution in [0.5, 0.6) is 5.75 Å². The second kappa shape index (κ2) is 9.04. The van der Waals surface area contributed by atoms with Gasteiger partial charge in [-0.15, -0.1) is 11.3 Å². The molecule has 1 N–H and O–H groups in total. The molecule has 1 amide bonds. The summed E-state index contributed by atoms with van der Waals surface area (Å²) in [6, 6.07) is 7.06. The van der Waals surface area contributed by atoms with Crippen molar-refractivity contribution < 1.29 is 19.1 Å². The molecule has 0 bridgehead atoms. The van der Waals surface area contributed by atoms with Crippen molar-refractivity contribution in [1.29, 1.82) is 0 Å². The van der Waals surface area contributed by atoms with Crippen LogP contribution in [-0.2, 0) is 17.6 Å². The van der Waals surface area contributed by atoms with Gasteiger partial charge in [-0.1, -0.05) is 25.0 Å².